The standard InChI is InChI=1S/C23H31N5O2/c1-16-11-25-22(27-19-6-8-24-12-19)10-21(16)23(30)26-13-20(29)15-28-9-7-17-4-2-3-5-18(17)14-28/h2-5,10-11,19-20,24,29H,6-9,12-15H2,1H3,(H,25,27)(H,26,30). The fourth-order valence-corrected chi connectivity index (χ4v) is 4.21. The molecular formula is C23H31N5O2. The maximum atomic E-state index is 12.7. The molecule has 0 saturated carbocycles. The van der Waals surface area contributed by atoms with Crippen molar-refractivity contribution >= 4 is 11.7 Å². The third kappa shape index (κ3) is 5.16. The molecule has 7 heteroatoms. The lowest BCUT2D eigenvalue weighted by Crippen LogP contribution is -2.42. The average Bonchev–Trinajstić information content (AvgIpc) is 3.26. The Morgan fingerprint density at radius 2 is 2.20 bits per heavy atom. The molecule has 2 aliphatic heterocycles. The Bertz CT molecular complexity index is 882. The number of benzene rings is 1. The van der Waals surface area contributed by atoms with Crippen molar-refractivity contribution in [3.63, 3.8) is 0 Å². The molecule has 1 aromatic carbocycles. The van der Waals surface area contributed by atoms with E-state index in [2.05, 4.69) is 50.1 Å². The highest BCUT2D eigenvalue weighted by Gasteiger charge is 2.20. The highest BCUT2D eigenvalue weighted by molar-refractivity contribution is 5.96. The van der Waals surface area contributed by atoms with Crippen molar-refractivity contribution < 1.29 is 9.90 Å². The molecule has 1 amide bonds. The molecule has 0 radical (unpaired) electrons. The zero-order valence-electron chi connectivity index (χ0n) is 17.5. The van der Waals surface area contributed by atoms with Crippen LogP contribution in [0.15, 0.2) is 36.5 Å². The van der Waals surface area contributed by atoms with Crippen LogP contribution in [0.2, 0.25) is 0 Å². The summed E-state index contributed by atoms with van der Waals surface area (Å²) in [7, 11) is 0. The maximum Gasteiger partial charge on any atom is 0.251 e. The minimum absolute atomic E-state index is 0.175. The van der Waals surface area contributed by atoms with Crippen LogP contribution in [0.4, 0.5) is 5.82 Å². The molecule has 160 valence electrons. The number of hydrogen-bond acceptors (Lipinski definition) is 6. The highest BCUT2D eigenvalue weighted by Crippen LogP contribution is 2.18. The lowest BCUT2D eigenvalue weighted by molar-refractivity contribution is 0.0841. The second-order valence-corrected chi connectivity index (χ2v) is 8.34. The zero-order chi connectivity index (χ0) is 20.9. The van der Waals surface area contributed by atoms with Crippen molar-refractivity contribution in [2.75, 3.05) is 38.0 Å². The van der Waals surface area contributed by atoms with Crippen LogP contribution in [0.1, 0.15) is 33.5 Å². The monoisotopic (exact) mass is 409 g/mol. The third-order valence-electron chi connectivity index (χ3n) is 5.94. The molecule has 1 aromatic heterocycles. The van der Waals surface area contributed by atoms with Crippen molar-refractivity contribution in [2.24, 2.45) is 0 Å². The summed E-state index contributed by atoms with van der Waals surface area (Å²) in [5, 5.41) is 20.0. The summed E-state index contributed by atoms with van der Waals surface area (Å²) < 4.78 is 0. The fourth-order valence-electron chi connectivity index (χ4n) is 4.21. The predicted octanol–water partition coefficient (Wildman–Crippen LogP) is 1.31. The first-order chi connectivity index (χ1) is 14.6. The van der Waals surface area contributed by atoms with Gasteiger partial charge in [-0.25, -0.2) is 4.98 Å². The summed E-state index contributed by atoms with van der Waals surface area (Å²) in [5.41, 5.74) is 4.13. The molecule has 0 bridgehead atoms. The number of amides is 1. The number of aliphatic hydroxyl groups excluding tert-OH is 1. The lowest BCUT2D eigenvalue weighted by atomic mass is 10.00. The number of carbonyl (C=O) groups excluding carboxylic acids is 1. The number of anilines is 1. The second kappa shape index (κ2) is 9.55. The number of nitrogens with one attached hydrogen (secondary N) is 3. The van der Waals surface area contributed by atoms with Crippen molar-refractivity contribution in [3.8, 4) is 0 Å². The molecule has 0 aliphatic carbocycles. The molecule has 1 saturated heterocycles. The molecule has 7 nitrogen and oxygen atoms in total. The summed E-state index contributed by atoms with van der Waals surface area (Å²) in [6.45, 7) is 6.33. The number of aryl methyl sites for hydroxylation is 1. The van der Waals surface area contributed by atoms with Gasteiger partial charge in [0.25, 0.3) is 5.91 Å². The van der Waals surface area contributed by atoms with E-state index in [0.717, 1.165) is 44.6 Å². The zero-order valence-corrected chi connectivity index (χ0v) is 17.5. The van der Waals surface area contributed by atoms with Crippen LogP contribution in [0.25, 0.3) is 0 Å². The van der Waals surface area contributed by atoms with E-state index in [1.54, 1.807) is 12.3 Å². The van der Waals surface area contributed by atoms with Gasteiger partial charge in [-0.15, -0.1) is 0 Å². The second-order valence-electron chi connectivity index (χ2n) is 8.34. The van der Waals surface area contributed by atoms with Crippen LogP contribution in [0, 0.1) is 6.92 Å². The van der Waals surface area contributed by atoms with Crippen LogP contribution in [-0.4, -0.2) is 65.8 Å². The van der Waals surface area contributed by atoms with Crippen molar-refractivity contribution in [2.45, 2.75) is 38.5 Å². The van der Waals surface area contributed by atoms with Gasteiger partial charge in [0.15, 0.2) is 0 Å². The van der Waals surface area contributed by atoms with Crippen LogP contribution in [-0.2, 0) is 13.0 Å². The van der Waals surface area contributed by atoms with Gasteiger partial charge in [-0.1, -0.05) is 24.3 Å². The van der Waals surface area contributed by atoms with E-state index in [9.17, 15) is 9.90 Å². The third-order valence-corrected chi connectivity index (χ3v) is 5.94. The normalized spacial score (nSPS) is 19.9. The number of carbonyl (C=O) groups is 1. The fraction of sp³-hybridized carbons (Fsp3) is 0.478. The molecule has 0 spiro atoms. The molecule has 3 heterocycles. The number of aliphatic hydroxyl groups is 1. The van der Waals surface area contributed by atoms with Gasteiger partial charge in [-0.3, -0.25) is 9.69 Å². The van der Waals surface area contributed by atoms with Gasteiger partial charge in [-0.2, -0.15) is 0 Å². The molecule has 2 unspecified atom stereocenters. The quantitative estimate of drug-likeness (QED) is 0.552. The van der Waals surface area contributed by atoms with E-state index in [1.165, 1.54) is 11.1 Å². The van der Waals surface area contributed by atoms with Crippen LogP contribution >= 0.6 is 0 Å². The van der Waals surface area contributed by atoms with Crippen LogP contribution in [0.3, 0.4) is 0 Å². The summed E-state index contributed by atoms with van der Waals surface area (Å²) in [5.74, 6) is 0.539. The van der Waals surface area contributed by atoms with Crippen LogP contribution in [0.5, 0.6) is 0 Å². The Kier molecular flexibility index (Phi) is 6.62. The highest BCUT2D eigenvalue weighted by atomic mass is 16.3. The Hall–Kier alpha value is -2.48. The first-order valence-electron chi connectivity index (χ1n) is 10.8. The van der Waals surface area contributed by atoms with Gasteiger partial charge < -0.3 is 21.1 Å². The molecule has 30 heavy (non-hydrogen) atoms. The first kappa shape index (κ1) is 20.8. The van der Waals surface area contributed by atoms with E-state index >= 15 is 0 Å². The Balaban J connectivity index is 1.28. The topological polar surface area (TPSA) is 89.5 Å². The summed E-state index contributed by atoms with van der Waals surface area (Å²) in [6, 6.07) is 10.6. The van der Waals surface area contributed by atoms with E-state index in [0.29, 0.717) is 24.0 Å². The van der Waals surface area contributed by atoms with E-state index < -0.39 is 6.10 Å². The molecule has 4 N–H and O–H groups in total. The number of fused-ring (bicyclic) bond motifs is 1. The Labute approximate surface area is 177 Å². The van der Waals surface area contributed by atoms with E-state index in [1.807, 2.05) is 6.92 Å². The number of rotatable bonds is 7. The average molecular weight is 410 g/mol. The number of pyridine rings is 1. The van der Waals surface area contributed by atoms with E-state index in [4.69, 9.17) is 0 Å². The van der Waals surface area contributed by atoms with Gasteiger partial charge in [0.1, 0.15) is 5.82 Å². The Morgan fingerprint density at radius 3 is 3.00 bits per heavy atom. The number of nitrogens with zero attached hydrogens (tertiary/aromatic N) is 2. The molecule has 4 rings (SSSR count). The minimum atomic E-state index is -0.608. The smallest absolute Gasteiger partial charge is 0.251 e. The molecular weight excluding hydrogens is 378 g/mol. The largest absolute Gasteiger partial charge is 0.390 e. The van der Waals surface area contributed by atoms with Gasteiger partial charge >= 0.3 is 0 Å². The maximum absolute atomic E-state index is 12.7. The summed E-state index contributed by atoms with van der Waals surface area (Å²) in [4.78, 5) is 19.4. The van der Waals surface area contributed by atoms with E-state index in [-0.39, 0.29) is 12.5 Å². The SMILES string of the molecule is Cc1cnc(NC2CCNC2)cc1C(=O)NCC(O)CN1CCc2ccccc2C1. The first-order valence-corrected chi connectivity index (χ1v) is 10.8. The number of β-amino-alcohol motifs (C(OH)–C–C–N with tert-alkyl or cyclic N) is 1. The molecule has 2 aliphatic rings. The van der Waals surface area contributed by atoms with Crippen molar-refractivity contribution in [1.82, 2.24) is 20.5 Å². The van der Waals surface area contributed by atoms with Crippen molar-refractivity contribution in [3.05, 3.63) is 58.8 Å². The van der Waals surface area contributed by atoms with Crippen LogP contribution < -0.4 is 16.0 Å². The van der Waals surface area contributed by atoms with Gasteiger partial charge in [0.05, 0.1) is 6.10 Å². The molecule has 2 atom stereocenters. The number of hydrogen-bond donors (Lipinski definition) is 4. The summed E-state index contributed by atoms with van der Waals surface area (Å²) in [6.07, 6.45) is 3.16. The van der Waals surface area contributed by atoms with Crippen molar-refractivity contribution in [1.29, 1.82) is 0 Å². The molecule has 2 aromatic rings. The van der Waals surface area contributed by atoms with Gasteiger partial charge in [-0.05, 0) is 49.1 Å². The number of aromatic nitrogens is 1. The summed E-state index contributed by atoms with van der Waals surface area (Å²) >= 11 is 0. The predicted molar refractivity (Wildman–Crippen MR) is 118 cm³/mol. The molecule has 1 fully saturated rings. The minimum Gasteiger partial charge on any atom is -0.390 e. The van der Waals surface area contributed by atoms with Gasteiger partial charge in [0.2, 0.25) is 0 Å². The van der Waals surface area contributed by atoms with Gasteiger partial charge in [0, 0.05) is 50.5 Å². The Morgan fingerprint density at radius 1 is 1.37 bits per heavy atom. The lowest BCUT2D eigenvalue weighted by Gasteiger charge is -2.30.